The van der Waals surface area contributed by atoms with Crippen LogP contribution in [0.2, 0.25) is 0 Å². The van der Waals surface area contributed by atoms with Gasteiger partial charge in [0.25, 0.3) is 5.91 Å². The number of hydrogen-bond acceptors (Lipinski definition) is 3. The summed E-state index contributed by atoms with van der Waals surface area (Å²) in [6, 6.07) is 26.1. The van der Waals surface area contributed by atoms with Gasteiger partial charge in [0, 0.05) is 42.7 Å². The molecule has 6 rings (SSSR count). The Bertz CT molecular complexity index is 1440. The number of hydrogen-bond donors (Lipinski definition) is 2. The summed E-state index contributed by atoms with van der Waals surface area (Å²) in [5, 5.41) is 4.28. The number of piperidine rings is 1. The predicted octanol–water partition coefficient (Wildman–Crippen LogP) is 5.12. The maximum Gasteiger partial charge on any atom is 0.253 e. The van der Waals surface area contributed by atoms with E-state index in [0.717, 1.165) is 34.9 Å². The van der Waals surface area contributed by atoms with Gasteiger partial charge in [0.05, 0.1) is 18.8 Å². The number of likely N-dealkylation sites (tertiary alicyclic amines) is 1. The molecule has 1 spiro atoms. The molecule has 0 saturated carbocycles. The maximum absolute atomic E-state index is 13.4. The quantitative estimate of drug-likeness (QED) is 0.405. The first-order valence-electron chi connectivity index (χ1n) is 12.9. The minimum absolute atomic E-state index is 0.0535. The third kappa shape index (κ3) is 4.21. The summed E-state index contributed by atoms with van der Waals surface area (Å²) in [5.41, 5.74) is 4.84. The highest BCUT2D eigenvalue weighted by molar-refractivity contribution is 5.98. The van der Waals surface area contributed by atoms with Gasteiger partial charge in [-0.15, -0.1) is 0 Å². The second kappa shape index (κ2) is 9.52. The Labute approximate surface area is 216 Å². The Morgan fingerprint density at radius 3 is 2.54 bits per heavy atom. The maximum atomic E-state index is 13.4. The van der Waals surface area contributed by atoms with Gasteiger partial charge in [-0.25, -0.2) is 0 Å². The first kappa shape index (κ1) is 23.5. The van der Waals surface area contributed by atoms with Gasteiger partial charge >= 0.3 is 0 Å². The number of rotatable bonds is 5. The van der Waals surface area contributed by atoms with Crippen LogP contribution in [0, 0.1) is 0 Å². The van der Waals surface area contributed by atoms with E-state index in [0.29, 0.717) is 25.3 Å². The molecule has 2 amide bonds. The average molecular weight is 494 g/mol. The lowest BCUT2D eigenvalue weighted by Crippen LogP contribution is -2.51. The molecule has 0 bridgehead atoms. The van der Waals surface area contributed by atoms with Gasteiger partial charge in [0.1, 0.15) is 0 Å². The van der Waals surface area contributed by atoms with E-state index in [1.807, 2.05) is 59.6 Å². The smallest absolute Gasteiger partial charge is 0.253 e. The van der Waals surface area contributed by atoms with E-state index in [4.69, 9.17) is 4.74 Å². The number of aromatic amines is 1. The number of nitrogens with one attached hydrogen (secondary N) is 2. The fraction of sp³-hybridized carbons (Fsp3) is 0.290. The molecule has 1 saturated heterocycles. The largest absolute Gasteiger partial charge is 0.370 e. The number of carbonyl (C=O) groups is 2. The van der Waals surface area contributed by atoms with Gasteiger partial charge in [-0.3, -0.25) is 9.59 Å². The van der Waals surface area contributed by atoms with E-state index in [1.165, 1.54) is 5.56 Å². The molecule has 4 aromatic rings. The second-order valence-corrected chi connectivity index (χ2v) is 10.2. The molecule has 6 nitrogen and oxygen atoms in total. The third-order valence-electron chi connectivity index (χ3n) is 8.06. The molecule has 2 aliphatic rings. The standard InChI is InChI=1S/C31H31N3O3/c1-21(35)33-28-25-9-5-6-10-26(25)31(29(28)37-20-22-7-3-2-4-8-22)14-17-34(18-15-31)30(36)24-12-11-23-13-16-32-27(23)19-24/h2-13,16,19,28-29,32H,14-15,17-18,20H2,1H3,(H,33,35)/t28-,29+/m1/s1. The summed E-state index contributed by atoms with van der Waals surface area (Å²) < 4.78 is 6.68. The summed E-state index contributed by atoms with van der Waals surface area (Å²) in [6.07, 6.45) is 3.22. The van der Waals surface area contributed by atoms with E-state index in [2.05, 4.69) is 40.6 Å². The van der Waals surface area contributed by atoms with Crippen molar-refractivity contribution >= 4 is 22.7 Å². The Balaban J connectivity index is 1.28. The number of aromatic nitrogens is 1. The van der Waals surface area contributed by atoms with E-state index >= 15 is 0 Å². The minimum Gasteiger partial charge on any atom is -0.370 e. The van der Waals surface area contributed by atoms with Crippen LogP contribution in [0.5, 0.6) is 0 Å². The summed E-state index contributed by atoms with van der Waals surface area (Å²) in [5.74, 6) is -0.0183. The van der Waals surface area contributed by atoms with Crippen LogP contribution in [0.1, 0.15) is 52.9 Å². The molecule has 2 N–H and O–H groups in total. The topological polar surface area (TPSA) is 74.4 Å². The highest BCUT2D eigenvalue weighted by Gasteiger charge is 2.54. The number of amides is 2. The number of benzene rings is 3. The van der Waals surface area contributed by atoms with Crippen LogP contribution in [-0.4, -0.2) is 40.9 Å². The summed E-state index contributed by atoms with van der Waals surface area (Å²) in [6.45, 7) is 3.29. The van der Waals surface area contributed by atoms with Crippen molar-refractivity contribution in [2.24, 2.45) is 0 Å². The normalized spacial score (nSPS) is 20.2. The molecule has 0 unspecified atom stereocenters. The molecule has 0 radical (unpaired) electrons. The predicted molar refractivity (Wildman–Crippen MR) is 143 cm³/mol. The Kier molecular flexibility index (Phi) is 6.05. The first-order chi connectivity index (χ1) is 18.0. The molecule has 1 aliphatic carbocycles. The number of carbonyl (C=O) groups excluding carboxylic acids is 2. The van der Waals surface area contributed by atoms with Crippen LogP contribution in [0.3, 0.4) is 0 Å². The van der Waals surface area contributed by atoms with Crippen molar-refractivity contribution in [1.29, 1.82) is 0 Å². The summed E-state index contributed by atoms with van der Waals surface area (Å²) in [7, 11) is 0. The van der Waals surface area contributed by atoms with Crippen molar-refractivity contribution in [2.45, 2.75) is 43.9 Å². The zero-order valence-electron chi connectivity index (χ0n) is 20.9. The lowest BCUT2D eigenvalue weighted by molar-refractivity contribution is -0.122. The third-order valence-corrected chi connectivity index (χ3v) is 8.06. The molecule has 2 atom stereocenters. The van der Waals surface area contributed by atoms with Crippen molar-refractivity contribution in [3.05, 3.63) is 107 Å². The second-order valence-electron chi connectivity index (χ2n) is 10.2. The molecule has 37 heavy (non-hydrogen) atoms. The van der Waals surface area contributed by atoms with Crippen LogP contribution < -0.4 is 5.32 Å². The lowest BCUT2D eigenvalue weighted by atomic mass is 9.71. The zero-order valence-corrected chi connectivity index (χ0v) is 20.9. The van der Waals surface area contributed by atoms with Gasteiger partial charge in [0.2, 0.25) is 5.91 Å². The zero-order chi connectivity index (χ0) is 25.4. The molecule has 1 aliphatic heterocycles. The monoisotopic (exact) mass is 493 g/mol. The number of nitrogens with zero attached hydrogens (tertiary/aromatic N) is 1. The Hall–Kier alpha value is -3.90. The van der Waals surface area contributed by atoms with Gasteiger partial charge in [-0.05, 0) is 53.1 Å². The summed E-state index contributed by atoms with van der Waals surface area (Å²) in [4.78, 5) is 30.8. The highest BCUT2D eigenvalue weighted by Crippen LogP contribution is 2.52. The molecular formula is C31H31N3O3. The van der Waals surface area contributed by atoms with E-state index in [9.17, 15) is 9.59 Å². The van der Waals surface area contributed by atoms with Crippen molar-refractivity contribution in [3.8, 4) is 0 Å². The van der Waals surface area contributed by atoms with Gasteiger partial charge in [-0.2, -0.15) is 0 Å². The lowest BCUT2D eigenvalue weighted by Gasteiger charge is -2.44. The Morgan fingerprint density at radius 1 is 1.00 bits per heavy atom. The number of H-pyrrole nitrogens is 1. The van der Waals surface area contributed by atoms with Gasteiger partial charge in [0.15, 0.2) is 0 Å². The average Bonchev–Trinajstić information content (AvgIpc) is 3.49. The van der Waals surface area contributed by atoms with Gasteiger partial charge < -0.3 is 19.9 Å². The number of ether oxygens (including phenoxy) is 1. The van der Waals surface area contributed by atoms with Crippen LogP contribution in [-0.2, 0) is 21.6 Å². The van der Waals surface area contributed by atoms with Crippen molar-refractivity contribution < 1.29 is 14.3 Å². The SMILES string of the molecule is CC(=O)N[C@@H]1c2ccccc2C2(CCN(C(=O)c3ccc4cc[nH]c4c3)CC2)[C@H]1OCc1ccccc1. The Morgan fingerprint density at radius 2 is 1.76 bits per heavy atom. The summed E-state index contributed by atoms with van der Waals surface area (Å²) >= 11 is 0. The molecule has 1 fully saturated rings. The van der Waals surface area contributed by atoms with Gasteiger partial charge in [-0.1, -0.05) is 60.7 Å². The molecule has 3 aromatic carbocycles. The molecular weight excluding hydrogens is 462 g/mol. The fourth-order valence-corrected chi connectivity index (χ4v) is 6.27. The highest BCUT2D eigenvalue weighted by atomic mass is 16.5. The molecule has 2 heterocycles. The van der Waals surface area contributed by atoms with Crippen molar-refractivity contribution in [3.63, 3.8) is 0 Å². The number of fused-ring (bicyclic) bond motifs is 3. The van der Waals surface area contributed by atoms with Crippen LogP contribution in [0.25, 0.3) is 10.9 Å². The van der Waals surface area contributed by atoms with Crippen LogP contribution in [0.4, 0.5) is 0 Å². The van der Waals surface area contributed by atoms with E-state index < -0.39 is 0 Å². The van der Waals surface area contributed by atoms with Crippen molar-refractivity contribution in [1.82, 2.24) is 15.2 Å². The van der Waals surface area contributed by atoms with Crippen molar-refractivity contribution in [2.75, 3.05) is 13.1 Å². The van der Waals surface area contributed by atoms with Crippen LogP contribution in [0.15, 0.2) is 85.1 Å². The van der Waals surface area contributed by atoms with E-state index in [1.54, 1.807) is 6.92 Å². The minimum atomic E-state index is -0.279. The molecule has 188 valence electrons. The fourth-order valence-electron chi connectivity index (χ4n) is 6.27. The molecule has 1 aromatic heterocycles. The first-order valence-corrected chi connectivity index (χ1v) is 12.9. The molecule has 6 heteroatoms. The van der Waals surface area contributed by atoms with Crippen LogP contribution >= 0.6 is 0 Å². The van der Waals surface area contributed by atoms with E-state index in [-0.39, 0.29) is 29.4 Å².